The van der Waals surface area contributed by atoms with Gasteiger partial charge in [-0.3, -0.25) is 4.79 Å². The second kappa shape index (κ2) is 6.81. The molecule has 2 rings (SSSR count). The third-order valence-corrected chi connectivity index (χ3v) is 5.34. The van der Waals surface area contributed by atoms with Crippen LogP contribution in [0.5, 0.6) is 5.75 Å². The molecule has 1 heterocycles. The van der Waals surface area contributed by atoms with Crippen molar-refractivity contribution in [3.8, 4) is 5.75 Å². The van der Waals surface area contributed by atoms with Gasteiger partial charge < -0.3 is 10.1 Å². The minimum atomic E-state index is -5.51. The Labute approximate surface area is 140 Å². The van der Waals surface area contributed by atoms with E-state index in [9.17, 15) is 26.4 Å². The zero-order valence-corrected chi connectivity index (χ0v) is 13.9. The molecule has 10 heteroatoms. The molecular formula is C14H12F3NO4S2. The summed E-state index contributed by atoms with van der Waals surface area (Å²) in [7, 11) is -4.26. The van der Waals surface area contributed by atoms with Gasteiger partial charge in [0.15, 0.2) is 0 Å². The van der Waals surface area contributed by atoms with Crippen LogP contribution in [0.1, 0.15) is 4.88 Å². The van der Waals surface area contributed by atoms with Crippen LogP contribution in [0.2, 0.25) is 0 Å². The number of thiophene rings is 1. The number of hydrogen-bond acceptors (Lipinski definition) is 5. The van der Waals surface area contributed by atoms with Crippen LogP contribution in [-0.2, 0) is 21.1 Å². The van der Waals surface area contributed by atoms with Gasteiger partial charge in [0.1, 0.15) is 5.75 Å². The lowest BCUT2D eigenvalue weighted by atomic mass is 10.2. The van der Waals surface area contributed by atoms with Crippen molar-refractivity contribution in [2.45, 2.75) is 16.8 Å². The molecule has 0 fully saturated rings. The molecule has 0 saturated heterocycles. The van der Waals surface area contributed by atoms with Crippen LogP contribution in [0.4, 0.5) is 18.9 Å². The number of nitrogens with one attached hydrogen (secondary N) is 1. The molecule has 0 aliphatic carbocycles. The highest BCUT2D eigenvalue weighted by Gasteiger charge is 2.47. The van der Waals surface area contributed by atoms with Gasteiger partial charge in [0, 0.05) is 4.88 Å². The van der Waals surface area contributed by atoms with Crippen molar-refractivity contribution in [2.75, 3.05) is 12.4 Å². The van der Waals surface area contributed by atoms with Gasteiger partial charge >= 0.3 is 5.51 Å². The SMILES string of the molecule is COc1ccc(S(=O)(=O)C(F)(F)F)cc1NC(=O)Cc1cccs1. The topological polar surface area (TPSA) is 72.5 Å². The number of amides is 1. The van der Waals surface area contributed by atoms with Crippen molar-refractivity contribution >= 4 is 32.8 Å². The van der Waals surface area contributed by atoms with Crippen molar-refractivity contribution in [1.82, 2.24) is 0 Å². The molecule has 5 nitrogen and oxygen atoms in total. The Balaban J connectivity index is 2.31. The van der Waals surface area contributed by atoms with Crippen molar-refractivity contribution in [2.24, 2.45) is 0 Å². The highest BCUT2D eigenvalue weighted by Crippen LogP contribution is 2.34. The fraction of sp³-hybridized carbons (Fsp3) is 0.214. The maximum Gasteiger partial charge on any atom is 0.501 e. The average molecular weight is 379 g/mol. The van der Waals surface area contributed by atoms with E-state index in [1.807, 2.05) is 0 Å². The Morgan fingerprint density at radius 2 is 2.00 bits per heavy atom. The first-order valence-electron chi connectivity index (χ1n) is 6.47. The van der Waals surface area contributed by atoms with Crippen LogP contribution in [-0.4, -0.2) is 26.9 Å². The molecule has 0 saturated carbocycles. The van der Waals surface area contributed by atoms with Gasteiger partial charge in [-0.15, -0.1) is 11.3 Å². The highest BCUT2D eigenvalue weighted by atomic mass is 32.2. The Morgan fingerprint density at radius 3 is 2.54 bits per heavy atom. The van der Waals surface area contributed by atoms with E-state index in [-0.39, 0.29) is 17.9 Å². The summed E-state index contributed by atoms with van der Waals surface area (Å²) in [6, 6.07) is 6.04. The predicted octanol–water partition coefficient (Wildman–Crippen LogP) is 3.23. The van der Waals surface area contributed by atoms with Crippen LogP contribution in [0.15, 0.2) is 40.6 Å². The minimum Gasteiger partial charge on any atom is -0.495 e. The van der Waals surface area contributed by atoms with Gasteiger partial charge in [0.05, 0.1) is 24.1 Å². The maximum atomic E-state index is 12.6. The zero-order chi connectivity index (χ0) is 18.0. The number of halogens is 3. The van der Waals surface area contributed by atoms with Crippen LogP contribution in [0, 0.1) is 0 Å². The highest BCUT2D eigenvalue weighted by molar-refractivity contribution is 7.92. The first-order valence-corrected chi connectivity index (χ1v) is 8.83. The van der Waals surface area contributed by atoms with Gasteiger partial charge in [-0.2, -0.15) is 13.2 Å². The third-order valence-electron chi connectivity index (χ3n) is 2.97. The molecule has 0 bridgehead atoms. The van der Waals surface area contributed by atoms with E-state index in [2.05, 4.69) is 5.32 Å². The van der Waals surface area contributed by atoms with Crippen molar-refractivity contribution in [1.29, 1.82) is 0 Å². The predicted molar refractivity (Wildman–Crippen MR) is 82.9 cm³/mol. The summed E-state index contributed by atoms with van der Waals surface area (Å²) in [5.74, 6) is -0.451. The maximum absolute atomic E-state index is 12.6. The molecule has 0 atom stereocenters. The number of ether oxygens (including phenoxy) is 1. The minimum absolute atomic E-state index is 0.0110. The zero-order valence-electron chi connectivity index (χ0n) is 12.3. The van der Waals surface area contributed by atoms with Gasteiger partial charge in [-0.05, 0) is 29.6 Å². The number of carbonyl (C=O) groups is 1. The average Bonchev–Trinajstić information content (AvgIpc) is 2.98. The van der Waals surface area contributed by atoms with Crippen LogP contribution in [0.25, 0.3) is 0 Å². The third kappa shape index (κ3) is 3.88. The summed E-state index contributed by atoms with van der Waals surface area (Å²) in [5, 5.41) is 4.15. The molecule has 0 unspecified atom stereocenters. The fourth-order valence-electron chi connectivity index (χ4n) is 1.85. The molecule has 24 heavy (non-hydrogen) atoms. The number of sulfone groups is 1. The molecule has 130 valence electrons. The molecule has 1 N–H and O–H groups in total. The quantitative estimate of drug-likeness (QED) is 0.866. The Bertz CT molecular complexity index is 830. The summed E-state index contributed by atoms with van der Waals surface area (Å²) in [6.07, 6.45) is 0.0110. The van der Waals surface area contributed by atoms with E-state index >= 15 is 0 Å². The summed E-state index contributed by atoms with van der Waals surface area (Å²) in [4.78, 5) is 11.8. The van der Waals surface area contributed by atoms with E-state index in [1.165, 1.54) is 18.4 Å². The van der Waals surface area contributed by atoms with E-state index in [0.29, 0.717) is 0 Å². The van der Waals surface area contributed by atoms with E-state index < -0.39 is 26.1 Å². The Hall–Kier alpha value is -2.07. The molecule has 0 spiro atoms. The van der Waals surface area contributed by atoms with Gasteiger partial charge in [0.2, 0.25) is 5.91 Å². The molecule has 1 amide bonds. The lowest BCUT2D eigenvalue weighted by Crippen LogP contribution is -2.23. The van der Waals surface area contributed by atoms with Crippen molar-refractivity contribution in [3.63, 3.8) is 0 Å². The first kappa shape index (κ1) is 18.3. The number of hydrogen-bond donors (Lipinski definition) is 1. The fourth-order valence-corrected chi connectivity index (χ4v) is 3.34. The molecular weight excluding hydrogens is 367 g/mol. The monoisotopic (exact) mass is 379 g/mol. The van der Waals surface area contributed by atoms with Crippen molar-refractivity contribution < 1.29 is 31.1 Å². The second-order valence-electron chi connectivity index (χ2n) is 4.62. The molecule has 0 aliphatic rings. The van der Waals surface area contributed by atoms with Gasteiger partial charge in [-0.1, -0.05) is 6.07 Å². The Kier molecular flexibility index (Phi) is 5.19. The smallest absolute Gasteiger partial charge is 0.495 e. The van der Waals surface area contributed by atoms with E-state index in [4.69, 9.17) is 4.74 Å². The molecule has 0 radical (unpaired) electrons. The van der Waals surface area contributed by atoms with E-state index in [1.54, 1.807) is 17.5 Å². The van der Waals surface area contributed by atoms with Crippen LogP contribution >= 0.6 is 11.3 Å². The number of anilines is 1. The lowest BCUT2D eigenvalue weighted by Gasteiger charge is -2.13. The van der Waals surface area contributed by atoms with Crippen LogP contribution < -0.4 is 10.1 Å². The molecule has 1 aromatic carbocycles. The molecule has 2 aromatic rings. The number of alkyl halides is 3. The number of methoxy groups -OCH3 is 1. The second-order valence-corrected chi connectivity index (χ2v) is 7.59. The largest absolute Gasteiger partial charge is 0.501 e. The number of rotatable bonds is 5. The van der Waals surface area contributed by atoms with Crippen LogP contribution in [0.3, 0.4) is 0 Å². The normalized spacial score (nSPS) is 12.0. The summed E-state index contributed by atoms with van der Waals surface area (Å²) < 4.78 is 65.8. The summed E-state index contributed by atoms with van der Waals surface area (Å²) >= 11 is 1.35. The summed E-state index contributed by atoms with van der Waals surface area (Å²) in [6.45, 7) is 0. The molecule has 0 aliphatic heterocycles. The van der Waals surface area contributed by atoms with Crippen molar-refractivity contribution in [3.05, 3.63) is 40.6 Å². The first-order chi connectivity index (χ1) is 11.1. The van der Waals surface area contributed by atoms with Gasteiger partial charge in [-0.25, -0.2) is 8.42 Å². The Morgan fingerprint density at radius 1 is 1.29 bits per heavy atom. The number of benzene rings is 1. The van der Waals surface area contributed by atoms with Gasteiger partial charge in [0.25, 0.3) is 9.84 Å². The van der Waals surface area contributed by atoms with E-state index in [0.717, 1.165) is 23.1 Å². The standard InChI is InChI=1S/C14H12F3NO4S2/c1-22-12-5-4-10(24(20,21)14(15,16)17)8-11(12)18-13(19)7-9-3-2-6-23-9/h2-6,8H,7H2,1H3,(H,18,19). The lowest BCUT2D eigenvalue weighted by molar-refractivity contribution is -0.115. The molecule has 1 aromatic heterocycles. The number of carbonyl (C=O) groups excluding carboxylic acids is 1. The summed E-state index contributed by atoms with van der Waals surface area (Å²) in [5.41, 5.74) is -5.58.